The Bertz CT molecular complexity index is 450. The molecule has 0 saturated heterocycles. The number of hydrogen-bond acceptors (Lipinski definition) is 2. The van der Waals surface area contributed by atoms with Crippen LogP contribution in [-0.2, 0) is 0 Å². The fourth-order valence-corrected chi connectivity index (χ4v) is 4.83. The Morgan fingerprint density at radius 1 is 0.955 bits per heavy atom. The van der Waals surface area contributed by atoms with Crippen molar-refractivity contribution in [3.63, 3.8) is 0 Å². The minimum absolute atomic E-state index is 0.400. The largest absolute Gasteiger partial charge is 0.350 e. The van der Waals surface area contributed by atoms with Gasteiger partial charge in [0.25, 0.3) is 0 Å². The van der Waals surface area contributed by atoms with Gasteiger partial charge in [-0.25, -0.2) is 4.76 Å². The van der Waals surface area contributed by atoms with Gasteiger partial charge < -0.3 is 4.90 Å². The first-order valence-electron chi connectivity index (χ1n) is 8.32. The highest BCUT2D eigenvalue weighted by molar-refractivity contribution is 7.57. The van der Waals surface area contributed by atoms with Crippen LogP contribution in [0.1, 0.15) is 61.1 Å². The Morgan fingerprint density at radius 3 is 1.86 bits per heavy atom. The molecule has 0 amide bonds. The van der Waals surface area contributed by atoms with E-state index in [1.54, 1.807) is 0 Å². The Balaban J connectivity index is 3.39. The summed E-state index contributed by atoms with van der Waals surface area (Å²) in [6.07, 6.45) is 1.86. The van der Waals surface area contributed by atoms with E-state index >= 15 is 0 Å². The topological polar surface area (TPSA) is 28.5 Å². The van der Waals surface area contributed by atoms with Gasteiger partial charge in [0, 0.05) is 26.4 Å². The zero-order chi connectivity index (χ0) is 16.9. The van der Waals surface area contributed by atoms with E-state index in [1.165, 1.54) is 0 Å². The average Bonchev–Trinajstić information content (AvgIpc) is 2.42. The Labute approximate surface area is 138 Å². The van der Waals surface area contributed by atoms with E-state index in [1.807, 2.05) is 18.3 Å². The molecule has 4 heteroatoms. The monoisotopic (exact) mass is 321 g/mol. The molecule has 124 valence electrons. The van der Waals surface area contributed by atoms with Gasteiger partial charge in [-0.3, -0.25) is 4.98 Å². The summed E-state index contributed by atoms with van der Waals surface area (Å²) in [7, 11) is -0.417. The highest BCUT2D eigenvalue weighted by Crippen LogP contribution is 2.48. The molecule has 0 atom stereocenters. The maximum atomic E-state index is 5.23. The molecule has 1 rings (SSSR count). The van der Waals surface area contributed by atoms with Gasteiger partial charge >= 0.3 is 0 Å². The molecule has 0 saturated carbocycles. The lowest BCUT2D eigenvalue weighted by molar-refractivity contribution is 0.292. The van der Waals surface area contributed by atoms with E-state index in [4.69, 9.17) is 4.76 Å². The quantitative estimate of drug-likeness (QED) is 0.411. The van der Waals surface area contributed by atoms with Crippen LogP contribution in [0.4, 0.5) is 0 Å². The van der Waals surface area contributed by atoms with Crippen LogP contribution >= 0.6 is 8.07 Å². The van der Waals surface area contributed by atoms with E-state index in [0.717, 1.165) is 11.5 Å². The van der Waals surface area contributed by atoms with E-state index in [0.29, 0.717) is 23.4 Å². The highest BCUT2D eigenvalue weighted by Gasteiger charge is 2.24. The number of pyridine rings is 1. The van der Waals surface area contributed by atoms with Crippen molar-refractivity contribution in [3.8, 4) is 0 Å². The van der Waals surface area contributed by atoms with Crippen molar-refractivity contribution in [1.29, 1.82) is 0 Å². The number of hydrogen-bond donors (Lipinski definition) is 0. The molecule has 0 aliphatic carbocycles. The van der Waals surface area contributed by atoms with Crippen molar-refractivity contribution in [2.45, 2.75) is 78.8 Å². The lowest BCUT2D eigenvalue weighted by Gasteiger charge is -2.35. The minimum atomic E-state index is -0.417. The average molecular weight is 321 g/mol. The maximum absolute atomic E-state index is 5.23. The van der Waals surface area contributed by atoms with Gasteiger partial charge in [0.2, 0.25) is 0 Å². The molecule has 0 N–H and O–H groups in total. The van der Waals surface area contributed by atoms with Crippen LogP contribution < -0.4 is 0 Å². The van der Waals surface area contributed by atoms with Crippen molar-refractivity contribution < 1.29 is 0 Å². The van der Waals surface area contributed by atoms with Gasteiger partial charge in [0.05, 0.1) is 0 Å². The van der Waals surface area contributed by atoms with Crippen molar-refractivity contribution in [2.24, 2.45) is 4.76 Å². The molecule has 1 heterocycles. The summed E-state index contributed by atoms with van der Waals surface area (Å²) in [6.45, 7) is 18.0. The summed E-state index contributed by atoms with van der Waals surface area (Å²) < 4.78 is 5.23. The van der Waals surface area contributed by atoms with Crippen LogP contribution in [0.25, 0.3) is 0 Å². The van der Waals surface area contributed by atoms with Crippen molar-refractivity contribution in [2.75, 3.05) is 0 Å². The molecule has 0 radical (unpaired) electrons. The van der Waals surface area contributed by atoms with E-state index < -0.39 is 8.07 Å². The Kier molecular flexibility index (Phi) is 7.48. The molecular formula is C18H32N3P. The van der Waals surface area contributed by atoms with E-state index in [9.17, 15) is 0 Å². The molecule has 0 bridgehead atoms. The lowest BCUT2D eigenvalue weighted by atomic mass is 10.2. The fraction of sp³-hybridized carbons (Fsp3) is 0.667. The normalized spacial score (nSPS) is 13.0. The summed E-state index contributed by atoms with van der Waals surface area (Å²) in [5.74, 6) is 1.05. The van der Waals surface area contributed by atoms with Crippen molar-refractivity contribution in [3.05, 3.63) is 30.1 Å². The molecule has 0 aliphatic heterocycles. The SMILES string of the molecule is CC(C)N(/C(=N/P(C(C)C)C(C)C)c1ccccn1)C(C)C. The van der Waals surface area contributed by atoms with Gasteiger partial charge in [0.1, 0.15) is 5.69 Å². The van der Waals surface area contributed by atoms with Crippen LogP contribution in [0.3, 0.4) is 0 Å². The summed E-state index contributed by atoms with van der Waals surface area (Å²) in [5, 5.41) is 0. The summed E-state index contributed by atoms with van der Waals surface area (Å²) in [6, 6.07) is 6.88. The second-order valence-corrected chi connectivity index (χ2v) is 9.83. The van der Waals surface area contributed by atoms with Crippen molar-refractivity contribution in [1.82, 2.24) is 9.88 Å². The zero-order valence-electron chi connectivity index (χ0n) is 15.4. The molecule has 0 spiro atoms. The number of rotatable bonds is 6. The predicted octanol–water partition coefficient (Wildman–Crippen LogP) is 5.16. The van der Waals surface area contributed by atoms with Crippen LogP contribution in [0.5, 0.6) is 0 Å². The van der Waals surface area contributed by atoms with Gasteiger partial charge in [-0.2, -0.15) is 0 Å². The molecule has 1 aromatic heterocycles. The standard InChI is InChI=1S/C18H32N3P/c1-13(2)21(14(3)4)18(17-11-9-10-12-19-17)20-22(15(5)6)16(7)8/h9-16H,1-8H3/b20-18+. The minimum Gasteiger partial charge on any atom is -0.350 e. The predicted molar refractivity (Wildman–Crippen MR) is 100 cm³/mol. The van der Waals surface area contributed by atoms with E-state index in [2.05, 4.69) is 71.3 Å². The Morgan fingerprint density at radius 2 is 1.50 bits per heavy atom. The summed E-state index contributed by atoms with van der Waals surface area (Å²) in [5.41, 5.74) is 2.14. The molecular weight excluding hydrogens is 289 g/mol. The van der Waals surface area contributed by atoms with Crippen LogP contribution in [0.15, 0.2) is 29.2 Å². The fourth-order valence-electron chi connectivity index (χ4n) is 2.75. The third kappa shape index (κ3) is 5.05. The third-order valence-electron chi connectivity index (χ3n) is 3.52. The molecule has 0 unspecified atom stereocenters. The first-order valence-corrected chi connectivity index (χ1v) is 9.75. The van der Waals surface area contributed by atoms with Gasteiger partial charge in [0.15, 0.2) is 5.84 Å². The first kappa shape index (κ1) is 19.1. The van der Waals surface area contributed by atoms with Gasteiger partial charge in [-0.1, -0.05) is 33.8 Å². The third-order valence-corrected chi connectivity index (χ3v) is 6.06. The zero-order valence-corrected chi connectivity index (χ0v) is 16.3. The first-order chi connectivity index (χ1) is 10.3. The van der Waals surface area contributed by atoms with Crippen LogP contribution in [0, 0.1) is 0 Å². The molecule has 22 heavy (non-hydrogen) atoms. The van der Waals surface area contributed by atoms with E-state index in [-0.39, 0.29) is 0 Å². The van der Waals surface area contributed by atoms with Crippen molar-refractivity contribution >= 4 is 13.9 Å². The second kappa shape index (κ2) is 8.62. The number of amidine groups is 1. The lowest BCUT2D eigenvalue weighted by Crippen LogP contribution is -2.43. The summed E-state index contributed by atoms with van der Waals surface area (Å²) in [4.78, 5) is 6.97. The Hall–Kier alpha value is -0.950. The molecule has 0 aromatic carbocycles. The smallest absolute Gasteiger partial charge is 0.154 e. The van der Waals surface area contributed by atoms with Gasteiger partial charge in [-0.05, 0) is 51.1 Å². The molecule has 3 nitrogen and oxygen atoms in total. The molecule has 1 aromatic rings. The molecule has 0 aliphatic rings. The number of aromatic nitrogens is 1. The van der Waals surface area contributed by atoms with Gasteiger partial charge in [-0.15, -0.1) is 0 Å². The van der Waals surface area contributed by atoms with Crippen LogP contribution in [-0.4, -0.2) is 39.1 Å². The molecule has 0 fully saturated rings. The summed E-state index contributed by atoms with van der Waals surface area (Å²) >= 11 is 0. The maximum Gasteiger partial charge on any atom is 0.154 e. The highest BCUT2D eigenvalue weighted by atomic mass is 31.1. The van der Waals surface area contributed by atoms with Crippen LogP contribution in [0.2, 0.25) is 0 Å². The second-order valence-electron chi connectivity index (χ2n) is 6.80. The number of nitrogens with zero attached hydrogens (tertiary/aromatic N) is 3.